The summed E-state index contributed by atoms with van der Waals surface area (Å²) >= 11 is 0. The topological polar surface area (TPSA) is 48.8 Å². The molecule has 3 heteroatoms. The number of aryl methyl sites for hydroxylation is 2. The van der Waals surface area contributed by atoms with E-state index < -0.39 is 0 Å². The zero-order chi connectivity index (χ0) is 12.3. The fourth-order valence-electron chi connectivity index (χ4n) is 1.99. The van der Waals surface area contributed by atoms with Crippen molar-refractivity contribution in [2.45, 2.75) is 13.8 Å². The minimum atomic E-state index is 0.682. The summed E-state index contributed by atoms with van der Waals surface area (Å²) in [5.74, 6) is 0. The summed E-state index contributed by atoms with van der Waals surface area (Å²) in [6.07, 6.45) is 0. The molecule has 0 radical (unpaired) electrons. The van der Waals surface area contributed by atoms with Gasteiger partial charge in [-0.1, -0.05) is 47.6 Å². The van der Waals surface area contributed by atoms with Gasteiger partial charge in [-0.25, -0.2) is 0 Å². The fraction of sp³-hybridized carbons (Fsp3) is 0.143. The van der Waals surface area contributed by atoms with Crippen molar-refractivity contribution in [3.63, 3.8) is 0 Å². The van der Waals surface area contributed by atoms with Gasteiger partial charge in [-0.15, -0.1) is 0 Å². The second-order valence-electron chi connectivity index (χ2n) is 3.97. The van der Waals surface area contributed by atoms with Crippen molar-refractivity contribution in [3.8, 4) is 11.1 Å². The van der Waals surface area contributed by atoms with E-state index in [1.807, 2.05) is 43.3 Å². The molecule has 0 saturated heterocycles. The Bertz CT molecular complexity index is 596. The van der Waals surface area contributed by atoms with Crippen molar-refractivity contribution in [1.29, 1.82) is 0 Å². The van der Waals surface area contributed by atoms with Crippen molar-refractivity contribution < 1.29 is 0 Å². The molecule has 17 heavy (non-hydrogen) atoms. The molecule has 2 rings (SSSR count). The highest BCUT2D eigenvalue weighted by Gasteiger charge is 2.08. The van der Waals surface area contributed by atoms with Gasteiger partial charge < -0.3 is 0 Å². The molecule has 0 spiro atoms. The van der Waals surface area contributed by atoms with Gasteiger partial charge in [-0.05, 0) is 41.6 Å². The van der Waals surface area contributed by atoms with Crippen LogP contribution < -0.4 is 0 Å². The van der Waals surface area contributed by atoms with Crippen molar-refractivity contribution >= 4 is 5.69 Å². The van der Waals surface area contributed by atoms with Gasteiger partial charge in [-0.3, -0.25) is 0 Å². The number of nitrogens with zero attached hydrogens (tertiary/aromatic N) is 3. The molecule has 0 aliphatic carbocycles. The summed E-state index contributed by atoms with van der Waals surface area (Å²) in [5, 5.41) is 3.77. The molecule has 0 amide bonds. The molecule has 0 aliphatic rings. The van der Waals surface area contributed by atoms with E-state index in [0.29, 0.717) is 5.69 Å². The van der Waals surface area contributed by atoms with Crippen LogP contribution in [0.3, 0.4) is 0 Å². The number of benzene rings is 2. The third-order valence-corrected chi connectivity index (χ3v) is 2.82. The number of rotatable bonds is 2. The Balaban J connectivity index is 2.74. The van der Waals surface area contributed by atoms with E-state index in [1.165, 1.54) is 5.56 Å². The maximum Gasteiger partial charge on any atom is 0.0456 e. The van der Waals surface area contributed by atoms with Crippen LogP contribution >= 0.6 is 0 Å². The fourth-order valence-corrected chi connectivity index (χ4v) is 1.99. The quantitative estimate of drug-likeness (QED) is 0.394. The van der Waals surface area contributed by atoms with E-state index in [9.17, 15) is 0 Å². The van der Waals surface area contributed by atoms with Gasteiger partial charge in [-0.2, -0.15) is 0 Å². The van der Waals surface area contributed by atoms with Crippen LogP contribution in [-0.4, -0.2) is 0 Å². The molecule has 3 nitrogen and oxygen atoms in total. The third-order valence-electron chi connectivity index (χ3n) is 2.82. The number of hydrogen-bond acceptors (Lipinski definition) is 1. The minimum Gasteiger partial charge on any atom is -0.0620 e. The summed E-state index contributed by atoms with van der Waals surface area (Å²) in [5.41, 5.74) is 13.7. The summed E-state index contributed by atoms with van der Waals surface area (Å²) in [6.45, 7) is 4.08. The molecule has 0 bridgehead atoms. The Morgan fingerprint density at radius 2 is 1.65 bits per heavy atom. The molecule has 2 aromatic rings. The van der Waals surface area contributed by atoms with E-state index in [2.05, 4.69) is 23.0 Å². The van der Waals surface area contributed by atoms with Crippen molar-refractivity contribution in [2.75, 3.05) is 0 Å². The molecule has 2 aromatic carbocycles. The molecular weight excluding hydrogens is 210 g/mol. The second-order valence-corrected chi connectivity index (χ2v) is 3.97. The predicted octanol–water partition coefficient (Wildman–Crippen LogP) is 4.91. The maximum atomic E-state index is 8.61. The predicted molar refractivity (Wildman–Crippen MR) is 70.2 cm³/mol. The monoisotopic (exact) mass is 223 g/mol. The van der Waals surface area contributed by atoms with Crippen LogP contribution in [0.5, 0.6) is 0 Å². The van der Waals surface area contributed by atoms with Crippen molar-refractivity contribution in [2.24, 2.45) is 5.11 Å². The first-order valence-corrected chi connectivity index (χ1v) is 5.44. The highest BCUT2D eigenvalue weighted by Crippen LogP contribution is 2.35. The van der Waals surface area contributed by atoms with Gasteiger partial charge in [0.05, 0.1) is 0 Å². The lowest BCUT2D eigenvalue weighted by molar-refractivity contribution is 1.37. The zero-order valence-electron chi connectivity index (χ0n) is 9.88. The standard InChI is InChI=1S/C14H13N3/c1-10-6-3-4-8-12(10)14-11(2)7-5-9-13(14)16-17-15/h3-9H,1-2H3. The van der Waals surface area contributed by atoms with Crippen LogP contribution in [-0.2, 0) is 0 Å². The summed E-state index contributed by atoms with van der Waals surface area (Å²) in [4.78, 5) is 2.89. The molecule has 0 atom stereocenters. The Morgan fingerprint density at radius 3 is 2.35 bits per heavy atom. The second kappa shape index (κ2) is 4.73. The van der Waals surface area contributed by atoms with Crippen molar-refractivity contribution in [3.05, 3.63) is 64.0 Å². The summed E-state index contributed by atoms with van der Waals surface area (Å²) in [6, 6.07) is 13.9. The zero-order valence-corrected chi connectivity index (χ0v) is 9.88. The Labute approximate surface area is 100 Å². The lowest BCUT2D eigenvalue weighted by Crippen LogP contribution is -1.87. The molecule has 0 aliphatic heterocycles. The van der Waals surface area contributed by atoms with Crippen LogP contribution in [0.4, 0.5) is 5.69 Å². The first-order valence-electron chi connectivity index (χ1n) is 5.44. The summed E-state index contributed by atoms with van der Waals surface area (Å²) < 4.78 is 0. The molecule has 0 aromatic heterocycles. The number of azide groups is 1. The van der Waals surface area contributed by atoms with Gasteiger partial charge in [0.25, 0.3) is 0 Å². The molecule has 84 valence electrons. The van der Waals surface area contributed by atoms with Crippen LogP contribution in [0, 0.1) is 13.8 Å². The van der Waals surface area contributed by atoms with Crippen LogP contribution in [0.2, 0.25) is 0 Å². The number of hydrogen-bond donors (Lipinski definition) is 0. The normalized spacial score (nSPS) is 9.76. The highest BCUT2D eigenvalue weighted by atomic mass is 15.1. The average Bonchev–Trinajstić information content (AvgIpc) is 2.31. The van der Waals surface area contributed by atoms with Crippen LogP contribution in [0.15, 0.2) is 47.6 Å². The van der Waals surface area contributed by atoms with E-state index >= 15 is 0 Å². The largest absolute Gasteiger partial charge is 0.0620 e. The van der Waals surface area contributed by atoms with Crippen molar-refractivity contribution in [1.82, 2.24) is 0 Å². The SMILES string of the molecule is Cc1ccccc1-c1c(C)cccc1N=[N+]=[N-]. The first kappa shape index (κ1) is 11.2. The first-order chi connectivity index (χ1) is 8.24. The Hall–Kier alpha value is -2.25. The lowest BCUT2D eigenvalue weighted by atomic mass is 9.95. The van der Waals surface area contributed by atoms with Gasteiger partial charge in [0, 0.05) is 10.6 Å². The third kappa shape index (κ3) is 2.14. The molecule has 0 heterocycles. The van der Waals surface area contributed by atoms with E-state index in [0.717, 1.165) is 16.7 Å². The summed E-state index contributed by atoms with van der Waals surface area (Å²) in [7, 11) is 0. The van der Waals surface area contributed by atoms with Gasteiger partial charge in [0.1, 0.15) is 0 Å². The van der Waals surface area contributed by atoms with E-state index in [1.54, 1.807) is 0 Å². The molecule has 0 fully saturated rings. The minimum absolute atomic E-state index is 0.682. The average molecular weight is 223 g/mol. The lowest BCUT2D eigenvalue weighted by Gasteiger charge is -2.11. The van der Waals surface area contributed by atoms with Gasteiger partial charge in [0.15, 0.2) is 0 Å². The van der Waals surface area contributed by atoms with E-state index in [-0.39, 0.29) is 0 Å². The van der Waals surface area contributed by atoms with Gasteiger partial charge >= 0.3 is 0 Å². The maximum absolute atomic E-state index is 8.61. The smallest absolute Gasteiger partial charge is 0.0456 e. The highest BCUT2D eigenvalue weighted by molar-refractivity contribution is 5.80. The molecule has 0 saturated carbocycles. The Kier molecular flexibility index (Phi) is 3.12. The molecular formula is C14H13N3. The molecule has 0 N–H and O–H groups in total. The van der Waals surface area contributed by atoms with Crippen LogP contribution in [0.25, 0.3) is 21.6 Å². The van der Waals surface area contributed by atoms with Gasteiger partial charge in [0.2, 0.25) is 0 Å². The Morgan fingerprint density at radius 1 is 0.941 bits per heavy atom. The molecule has 0 unspecified atom stereocenters. The van der Waals surface area contributed by atoms with Crippen LogP contribution in [0.1, 0.15) is 11.1 Å². The van der Waals surface area contributed by atoms with E-state index in [4.69, 9.17) is 5.53 Å².